The van der Waals surface area contributed by atoms with E-state index in [1.807, 2.05) is 37.3 Å². The number of carbonyl (C=O) groups excluding carboxylic acids is 2. The van der Waals surface area contributed by atoms with E-state index >= 15 is 0 Å². The number of ketones is 1. The SMILES string of the molecule is CCCCOc1ccc(/C(O)=C2/C(=O)C(=O)N(c3nnc(SCc4ccc(C)cc4)s3)C2c2ccc(OCc3ccccc3)cc2)cc1. The van der Waals surface area contributed by atoms with Crippen molar-refractivity contribution < 1.29 is 24.2 Å². The second-order valence-electron chi connectivity index (χ2n) is 11.4. The molecule has 1 unspecified atom stereocenters. The molecule has 0 spiro atoms. The van der Waals surface area contributed by atoms with Crippen LogP contribution in [0, 0.1) is 6.92 Å². The van der Waals surface area contributed by atoms with Crippen LogP contribution in [0.1, 0.15) is 53.6 Å². The van der Waals surface area contributed by atoms with Gasteiger partial charge in [0.05, 0.1) is 18.2 Å². The van der Waals surface area contributed by atoms with Gasteiger partial charge >= 0.3 is 5.91 Å². The molecule has 244 valence electrons. The van der Waals surface area contributed by atoms with Gasteiger partial charge in [0.15, 0.2) is 4.34 Å². The van der Waals surface area contributed by atoms with Gasteiger partial charge in [-0.15, -0.1) is 10.2 Å². The number of hydrogen-bond donors (Lipinski definition) is 1. The van der Waals surface area contributed by atoms with Crippen LogP contribution in [0.4, 0.5) is 5.13 Å². The average Bonchev–Trinajstić information content (AvgIpc) is 3.69. The van der Waals surface area contributed by atoms with Crippen molar-refractivity contribution in [1.82, 2.24) is 10.2 Å². The van der Waals surface area contributed by atoms with E-state index in [4.69, 9.17) is 9.47 Å². The third-order valence-corrected chi connectivity index (χ3v) is 9.99. The number of aryl methyl sites for hydroxylation is 1. The Bertz CT molecular complexity index is 1890. The molecule has 0 saturated carbocycles. The molecule has 1 aliphatic heterocycles. The highest BCUT2D eigenvalue weighted by Gasteiger charge is 2.48. The molecular formula is C38H35N3O5S2. The van der Waals surface area contributed by atoms with Crippen molar-refractivity contribution in [2.45, 2.75) is 49.4 Å². The fourth-order valence-electron chi connectivity index (χ4n) is 5.22. The molecule has 0 bridgehead atoms. The second-order valence-corrected chi connectivity index (χ2v) is 13.5. The van der Waals surface area contributed by atoms with Crippen LogP contribution in [0.2, 0.25) is 0 Å². The van der Waals surface area contributed by atoms with Gasteiger partial charge in [-0.05, 0) is 66.4 Å². The quantitative estimate of drug-likeness (QED) is 0.0331. The fourth-order valence-corrected chi connectivity index (χ4v) is 7.04. The summed E-state index contributed by atoms with van der Waals surface area (Å²) in [5, 5.41) is 20.5. The third kappa shape index (κ3) is 7.61. The average molecular weight is 678 g/mol. The smallest absolute Gasteiger partial charge is 0.301 e. The Morgan fingerprint density at radius 1 is 0.854 bits per heavy atom. The number of nitrogens with zero attached hydrogens (tertiary/aromatic N) is 3. The Morgan fingerprint density at radius 3 is 2.25 bits per heavy atom. The predicted molar refractivity (Wildman–Crippen MR) is 189 cm³/mol. The number of Topliss-reactive ketones (excluding diaryl/α,β-unsaturated/α-hetero) is 1. The molecule has 0 aliphatic carbocycles. The van der Waals surface area contributed by atoms with Gasteiger partial charge in [0.1, 0.15) is 23.9 Å². The molecule has 1 aliphatic rings. The summed E-state index contributed by atoms with van der Waals surface area (Å²) < 4.78 is 12.4. The van der Waals surface area contributed by atoms with Crippen LogP contribution in [0.3, 0.4) is 0 Å². The molecule has 1 aromatic heterocycles. The normalized spacial score (nSPS) is 15.5. The number of ether oxygens (including phenoxy) is 2. The van der Waals surface area contributed by atoms with Crippen molar-refractivity contribution in [3.05, 3.63) is 137 Å². The molecule has 8 nitrogen and oxygen atoms in total. The molecule has 1 saturated heterocycles. The van der Waals surface area contributed by atoms with E-state index in [0.717, 1.165) is 24.0 Å². The van der Waals surface area contributed by atoms with Crippen LogP contribution in [-0.2, 0) is 21.9 Å². The summed E-state index contributed by atoms with van der Waals surface area (Å²) in [6.45, 7) is 5.12. The minimum Gasteiger partial charge on any atom is -0.507 e. The standard InChI is InChI=1S/C38H35N3O5S2/c1-3-4-22-45-30-20-16-29(17-21-30)34(42)32-33(28-14-18-31(19-15-28)46-23-26-8-6-5-7-9-26)41(36(44)35(32)43)37-39-40-38(48-37)47-24-27-12-10-25(2)11-13-27/h5-21,33,42H,3-4,22-24H2,1-2H3/b34-32-. The molecule has 5 aromatic rings. The Labute approximate surface area is 288 Å². The Kier molecular flexibility index (Phi) is 10.5. The number of aliphatic hydroxyl groups excluding tert-OH is 1. The van der Waals surface area contributed by atoms with Crippen molar-refractivity contribution in [3.8, 4) is 11.5 Å². The zero-order chi connectivity index (χ0) is 33.5. The summed E-state index contributed by atoms with van der Waals surface area (Å²) in [5.41, 5.74) is 4.34. The maximum Gasteiger partial charge on any atom is 0.301 e. The third-order valence-electron chi connectivity index (χ3n) is 7.87. The molecule has 6 rings (SSSR count). The first-order valence-electron chi connectivity index (χ1n) is 15.7. The minimum atomic E-state index is -0.934. The molecule has 0 radical (unpaired) electrons. The Hall–Kier alpha value is -4.93. The van der Waals surface area contributed by atoms with E-state index in [0.29, 0.717) is 45.9 Å². The topological polar surface area (TPSA) is 102 Å². The summed E-state index contributed by atoms with van der Waals surface area (Å²) in [7, 11) is 0. The van der Waals surface area contributed by atoms with Gasteiger partial charge in [0, 0.05) is 11.3 Å². The monoisotopic (exact) mass is 677 g/mol. The number of aliphatic hydroxyl groups is 1. The minimum absolute atomic E-state index is 0.0262. The van der Waals surface area contributed by atoms with E-state index in [1.54, 1.807) is 48.5 Å². The molecular weight excluding hydrogens is 643 g/mol. The van der Waals surface area contributed by atoms with Gasteiger partial charge in [-0.2, -0.15) is 0 Å². The van der Waals surface area contributed by atoms with E-state index in [2.05, 4.69) is 41.4 Å². The number of amides is 1. The second kappa shape index (κ2) is 15.3. The number of thioether (sulfide) groups is 1. The molecule has 1 N–H and O–H groups in total. The first-order chi connectivity index (χ1) is 23.4. The van der Waals surface area contributed by atoms with E-state index < -0.39 is 17.7 Å². The van der Waals surface area contributed by atoms with Gasteiger partial charge in [0.2, 0.25) is 5.13 Å². The maximum absolute atomic E-state index is 13.7. The van der Waals surface area contributed by atoms with E-state index in [-0.39, 0.29) is 16.5 Å². The van der Waals surface area contributed by atoms with Gasteiger partial charge in [-0.1, -0.05) is 109 Å². The molecule has 4 aromatic carbocycles. The summed E-state index contributed by atoms with van der Waals surface area (Å²) in [5.74, 6) is 0.117. The molecule has 2 heterocycles. The number of carbonyl (C=O) groups is 2. The van der Waals surface area contributed by atoms with Crippen LogP contribution in [0.15, 0.2) is 113 Å². The summed E-state index contributed by atoms with van der Waals surface area (Å²) in [6, 6.07) is 31.2. The van der Waals surface area contributed by atoms with E-state index in [1.165, 1.54) is 33.6 Å². The lowest BCUT2D eigenvalue weighted by atomic mass is 9.95. The van der Waals surface area contributed by atoms with Gasteiger partial charge in [0.25, 0.3) is 5.78 Å². The fraction of sp³-hybridized carbons (Fsp3) is 0.211. The first kappa shape index (κ1) is 33.0. The lowest BCUT2D eigenvalue weighted by Gasteiger charge is -2.22. The summed E-state index contributed by atoms with van der Waals surface area (Å²) in [4.78, 5) is 28.7. The number of anilines is 1. The Morgan fingerprint density at radius 2 is 1.54 bits per heavy atom. The number of aromatic nitrogens is 2. The van der Waals surface area contributed by atoms with Crippen LogP contribution >= 0.6 is 23.1 Å². The highest BCUT2D eigenvalue weighted by molar-refractivity contribution is 8.00. The highest BCUT2D eigenvalue weighted by atomic mass is 32.2. The van der Waals surface area contributed by atoms with Crippen LogP contribution in [-0.4, -0.2) is 33.6 Å². The molecule has 10 heteroatoms. The summed E-state index contributed by atoms with van der Waals surface area (Å²) in [6.07, 6.45) is 1.94. The van der Waals surface area contributed by atoms with E-state index in [9.17, 15) is 14.7 Å². The van der Waals surface area contributed by atoms with Crippen molar-refractivity contribution in [1.29, 1.82) is 0 Å². The first-order valence-corrected chi connectivity index (χ1v) is 17.5. The number of benzene rings is 4. The van der Waals surface area contributed by atoms with Crippen LogP contribution in [0.25, 0.3) is 5.76 Å². The number of hydrogen-bond acceptors (Lipinski definition) is 9. The molecule has 48 heavy (non-hydrogen) atoms. The zero-order valence-corrected chi connectivity index (χ0v) is 28.3. The Balaban J connectivity index is 1.31. The van der Waals surface area contributed by atoms with Crippen molar-refractivity contribution >= 4 is 45.7 Å². The zero-order valence-electron chi connectivity index (χ0n) is 26.7. The van der Waals surface area contributed by atoms with Crippen molar-refractivity contribution in [3.63, 3.8) is 0 Å². The summed E-state index contributed by atoms with van der Waals surface area (Å²) >= 11 is 2.74. The van der Waals surface area contributed by atoms with Gasteiger partial charge in [-0.25, -0.2) is 0 Å². The molecule has 1 fully saturated rings. The van der Waals surface area contributed by atoms with Gasteiger partial charge < -0.3 is 14.6 Å². The van der Waals surface area contributed by atoms with Crippen molar-refractivity contribution in [2.75, 3.05) is 11.5 Å². The van der Waals surface area contributed by atoms with Crippen LogP contribution < -0.4 is 14.4 Å². The lowest BCUT2D eigenvalue weighted by molar-refractivity contribution is -0.132. The maximum atomic E-state index is 13.7. The molecule has 1 atom stereocenters. The van der Waals surface area contributed by atoms with Crippen LogP contribution in [0.5, 0.6) is 11.5 Å². The highest BCUT2D eigenvalue weighted by Crippen LogP contribution is 2.44. The van der Waals surface area contributed by atoms with Crippen molar-refractivity contribution in [2.24, 2.45) is 0 Å². The van der Waals surface area contributed by atoms with Gasteiger partial charge in [-0.3, -0.25) is 14.5 Å². The predicted octanol–water partition coefficient (Wildman–Crippen LogP) is 8.52. The lowest BCUT2D eigenvalue weighted by Crippen LogP contribution is -2.29. The molecule has 1 amide bonds. The number of unbranched alkanes of at least 4 members (excludes halogenated alkanes) is 1. The largest absolute Gasteiger partial charge is 0.507 e. The number of rotatable bonds is 13.